The van der Waals surface area contributed by atoms with E-state index in [4.69, 9.17) is 0 Å². The van der Waals surface area contributed by atoms with Crippen molar-refractivity contribution in [3.8, 4) is 0 Å². The lowest BCUT2D eigenvalue weighted by atomic mass is 9.85. The fourth-order valence-corrected chi connectivity index (χ4v) is 6.27. The number of carbonyl (C=O) groups excluding carboxylic acids is 1. The number of amides is 1. The Hall–Kier alpha value is -0.810. The predicted molar refractivity (Wildman–Crippen MR) is 122 cm³/mol. The van der Waals surface area contributed by atoms with Crippen molar-refractivity contribution in [2.45, 2.75) is 94.5 Å². The van der Waals surface area contributed by atoms with Gasteiger partial charge in [-0.25, -0.2) is 0 Å². The second kappa shape index (κ2) is 10.00. The standard InChI is InChI=1S/C23H33N3O.2ClH/c27-23(22-12-17-8-4-5-9-21(17)25-22)24-18-13-19-10-11-20(14-18)26(19)15-16-6-2-1-3-7-16;;/h1-3,6-7,17-22,25H,4-5,8-15H2,(H,24,27);2*1H. The predicted octanol–water partition coefficient (Wildman–Crippen LogP) is 4.06. The second-order valence-corrected chi connectivity index (χ2v) is 9.33. The van der Waals surface area contributed by atoms with Crippen LogP contribution in [0.1, 0.15) is 63.4 Å². The molecule has 3 aliphatic heterocycles. The highest BCUT2D eigenvalue weighted by Crippen LogP contribution is 2.37. The zero-order valence-electron chi connectivity index (χ0n) is 17.1. The Bertz CT molecular complexity index is 645. The minimum absolute atomic E-state index is 0. The molecule has 162 valence electrons. The van der Waals surface area contributed by atoms with Crippen molar-refractivity contribution in [1.29, 1.82) is 0 Å². The van der Waals surface area contributed by atoms with Gasteiger partial charge in [-0.3, -0.25) is 9.69 Å². The molecule has 6 heteroatoms. The fourth-order valence-electron chi connectivity index (χ4n) is 6.27. The van der Waals surface area contributed by atoms with Crippen LogP contribution in [0.25, 0.3) is 0 Å². The van der Waals surface area contributed by atoms with E-state index >= 15 is 0 Å². The van der Waals surface area contributed by atoms with Crippen LogP contribution < -0.4 is 10.6 Å². The molecule has 2 N–H and O–H groups in total. The van der Waals surface area contributed by atoms with E-state index in [0.29, 0.717) is 24.2 Å². The molecule has 1 aliphatic carbocycles. The summed E-state index contributed by atoms with van der Waals surface area (Å²) in [6.45, 7) is 1.06. The minimum atomic E-state index is 0. The molecule has 5 atom stereocenters. The van der Waals surface area contributed by atoms with Crippen LogP contribution in [0.5, 0.6) is 0 Å². The number of nitrogens with one attached hydrogen (secondary N) is 2. The molecule has 5 unspecified atom stereocenters. The lowest BCUT2D eigenvalue weighted by Crippen LogP contribution is -2.53. The van der Waals surface area contributed by atoms with E-state index in [1.807, 2.05) is 0 Å². The van der Waals surface area contributed by atoms with Gasteiger partial charge < -0.3 is 10.6 Å². The maximum Gasteiger partial charge on any atom is 0.237 e. The van der Waals surface area contributed by atoms with Crippen molar-refractivity contribution in [1.82, 2.24) is 15.5 Å². The first-order valence-corrected chi connectivity index (χ1v) is 11.1. The fraction of sp³-hybridized carbons (Fsp3) is 0.696. The summed E-state index contributed by atoms with van der Waals surface area (Å²) in [5, 5.41) is 7.07. The van der Waals surface area contributed by atoms with E-state index in [0.717, 1.165) is 31.7 Å². The van der Waals surface area contributed by atoms with Crippen LogP contribution in [0.3, 0.4) is 0 Å². The monoisotopic (exact) mass is 439 g/mol. The van der Waals surface area contributed by atoms with Gasteiger partial charge in [0.1, 0.15) is 0 Å². The summed E-state index contributed by atoms with van der Waals surface area (Å²) in [6, 6.07) is 13.1. The summed E-state index contributed by atoms with van der Waals surface area (Å²) in [7, 11) is 0. The normalized spacial score (nSPS) is 35.9. The molecule has 4 fully saturated rings. The second-order valence-electron chi connectivity index (χ2n) is 9.33. The summed E-state index contributed by atoms with van der Waals surface area (Å²) in [5.41, 5.74) is 1.41. The maximum atomic E-state index is 12.9. The third kappa shape index (κ3) is 4.92. The van der Waals surface area contributed by atoms with E-state index in [-0.39, 0.29) is 36.8 Å². The molecular weight excluding hydrogens is 405 g/mol. The van der Waals surface area contributed by atoms with Gasteiger partial charge in [0.2, 0.25) is 5.91 Å². The lowest BCUT2D eigenvalue weighted by Gasteiger charge is -2.39. The van der Waals surface area contributed by atoms with Crippen molar-refractivity contribution in [2.75, 3.05) is 0 Å². The Kier molecular flexibility index (Phi) is 7.88. The third-order valence-electron chi connectivity index (χ3n) is 7.62. The van der Waals surface area contributed by atoms with E-state index < -0.39 is 0 Å². The smallest absolute Gasteiger partial charge is 0.237 e. The Morgan fingerprint density at radius 1 is 0.966 bits per heavy atom. The average molecular weight is 440 g/mol. The highest BCUT2D eigenvalue weighted by Gasteiger charge is 2.43. The minimum Gasteiger partial charge on any atom is -0.352 e. The largest absolute Gasteiger partial charge is 0.352 e. The average Bonchev–Trinajstić information content (AvgIpc) is 3.21. The number of hydrogen-bond donors (Lipinski definition) is 2. The Balaban J connectivity index is 0.00000120. The maximum absolute atomic E-state index is 12.9. The van der Waals surface area contributed by atoms with Crippen LogP contribution in [-0.2, 0) is 11.3 Å². The van der Waals surface area contributed by atoms with Crippen LogP contribution in [-0.4, -0.2) is 41.0 Å². The van der Waals surface area contributed by atoms with Gasteiger partial charge in [-0.1, -0.05) is 43.2 Å². The highest BCUT2D eigenvalue weighted by atomic mass is 35.5. The van der Waals surface area contributed by atoms with Gasteiger partial charge >= 0.3 is 0 Å². The number of piperidine rings is 1. The van der Waals surface area contributed by atoms with Gasteiger partial charge in [-0.2, -0.15) is 0 Å². The van der Waals surface area contributed by atoms with E-state index in [9.17, 15) is 4.79 Å². The van der Waals surface area contributed by atoms with Crippen molar-refractivity contribution in [2.24, 2.45) is 5.92 Å². The van der Waals surface area contributed by atoms with Crippen LogP contribution in [0.4, 0.5) is 0 Å². The summed E-state index contributed by atoms with van der Waals surface area (Å²) in [6.07, 6.45) is 11.1. The van der Waals surface area contributed by atoms with Gasteiger partial charge in [-0.15, -0.1) is 24.8 Å². The molecule has 0 aromatic heterocycles. The van der Waals surface area contributed by atoms with Crippen LogP contribution in [0.15, 0.2) is 30.3 Å². The molecule has 1 amide bonds. The molecule has 4 nitrogen and oxygen atoms in total. The number of fused-ring (bicyclic) bond motifs is 3. The number of carbonyl (C=O) groups is 1. The number of nitrogens with zero attached hydrogens (tertiary/aromatic N) is 1. The zero-order chi connectivity index (χ0) is 18.2. The molecule has 1 saturated carbocycles. The SMILES string of the molecule is Cl.Cl.O=C(NC1CC2CCC(C1)N2Cc1ccccc1)C1CC2CCCCC2N1. The van der Waals surface area contributed by atoms with Crippen molar-refractivity contribution in [3.63, 3.8) is 0 Å². The van der Waals surface area contributed by atoms with Gasteiger partial charge in [0.05, 0.1) is 6.04 Å². The van der Waals surface area contributed by atoms with Gasteiger partial charge in [0.25, 0.3) is 0 Å². The Morgan fingerprint density at radius 2 is 1.66 bits per heavy atom. The van der Waals surface area contributed by atoms with Crippen LogP contribution in [0, 0.1) is 5.92 Å². The summed E-state index contributed by atoms with van der Waals surface area (Å²) < 4.78 is 0. The van der Waals surface area contributed by atoms with E-state index in [1.54, 1.807) is 0 Å². The lowest BCUT2D eigenvalue weighted by molar-refractivity contribution is -0.124. The quantitative estimate of drug-likeness (QED) is 0.742. The van der Waals surface area contributed by atoms with Crippen molar-refractivity contribution >= 4 is 30.7 Å². The Labute approximate surface area is 187 Å². The topological polar surface area (TPSA) is 44.4 Å². The van der Waals surface area contributed by atoms with Gasteiger partial charge in [-0.05, 0) is 56.4 Å². The van der Waals surface area contributed by atoms with Gasteiger partial charge in [0.15, 0.2) is 0 Å². The van der Waals surface area contributed by atoms with Crippen LogP contribution in [0.2, 0.25) is 0 Å². The van der Waals surface area contributed by atoms with E-state index in [2.05, 4.69) is 45.9 Å². The molecule has 0 spiro atoms. The van der Waals surface area contributed by atoms with Crippen molar-refractivity contribution in [3.05, 3.63) is 35.9 Å². The van der Waals surface area contributed by atoms with Gasteiger partial charge in [0, 0.05) is 30.7 Å². The Morgan fingerprint density at radius 3 is 2.34 bits per heavy atom. The third-order valence-corrected chi connectivity index (χ3v) is 7.62. The summed E-state index contributed by atoms with van der Waals surface area (Å²) in [5.74, 6) is 1.00. The molecule has 1 aromatic carbocycles. The molecule has 5 rings (SSSR count). The number of hydrogen-bond acceptors (Lipinski definition) is 3. The number of benzene rings is 1. The first-order valence-electron chi connectivity index (χ1n) is 11.1. The first kappa shape index (κ1) is 22.9. The molecule has 3 saturated heterocycles. The molecular formula is C23H35Cl2N3O. The molecule has 0 radical (unpaired) electrons. The molecule has 4 aliphatic rings. The number of rotatable bonds is 4. The number of halogens is 2. The first-order chi connectivity index (χ1) is 13.3. The molecule has 1 aromatic rings. The highest BCUT2D eigenvalue weighted by molar-refractivity contribution is 5.85. The van der Waals surface area contributed by atoms with E-state index in [1.165, 1.54) is 44.1 Å². The molecule has 2 bridgehead atoms. The summed E-state index contributed by atoms with van der Waals surface area (Å²) >= 11 is 0. The summed E-state index contributed by atoms with van der Waals surface area (Å²) in [4.78, 5) is 15.6. The molecule has 3 heterocycles. The molecule has 29 heavy (non-hydrogen) atoms. The van der Waals surface area contributed by atoms with Crippen LogP contribution >= 0.6 is 24.8 Å². The zero-order valence-corrected chi connectivity index (χ0v) is 18.7. The van der Waals surface area contributed by atoms with Crippen molar-refractivity contribution < 1.29 is 4.79 Å².